The first-order valence-electron chi connectivity index (χ1n) is 7.53. The summed E-state index contributed by atoms with van der Waals surface area (Å²) in [5.74, 6) is 0.211. The Morgan fingerprint density at radius 3 is 2.88 bits per heavy atom. The van der Waals surface area contributed by atoms with Gasteiger partial charge in [-0.3, -0.25) is 4.79 Å². The molecule has 7 heteroatoms. The third-order valence-electron chi connectivity index (χ3n) is 3.43. The zero-order valence-corrected chi connectivity index (χ0v) is 14.6. The zero-order valence-electron chi connectivity index (χ0n) is 13.8. The highest BCUT2D eigenvalue weighted by molar-refractivity contribution is 7.98. The second kappa shape index (κ2) is 7.40. The van der Waals surface area contributed by atoms with Crippen LogP contribution in [-0.2, 0) is 12.8 Å². The molecule has 128 valence electrons. The van der Waals surface area contributed by atoms with Crippen molar-refractivity contribution >= 4 is 17.7 Å². The lowest BCUT2D eigenvalue weighted by Gasteiger charge is -2.05. The molecule has 0 aliphatic carbocycles. The molecule has 0 fully saturated rings. The smallest absolute Gasteiger partial charge is 0.343 e. The van der Waals surface area contributed by atoms with Crippen LogP contribution >= 0.6 is 11.8 Å². The molecule has 0 bridgehead atoms. The van der Waals surface area contributed by atoms with Crippen LogP contribution in [0.1, 0.15) is 21.7 Å². The van der Waals surface area contributed by atoms with Crippen molar-refractivity contribution in [3.05, 3.63) is 76.1 Å². The molecular weight excluding hydrogens is 340 g/mol. The number of imidazole rings is 1. The SMILES string of the molecule is Cc1cccc(C(=O)Oc2coc(CSc3nccn3C)cc2=O)c1. The number of carbonyl (C=O) groups is 1. The van der Waals surface area contributed by atoms with E-state index in [1.807, 2.05) is 30.8 Å². The fourth-order valence-electron chi connectivity index (χ4n) is 2.15. The number of hydrogen-bond acceptors (Lipinski definition) is 6. The number of aryl methyl sites for hydroxylation is 2. The Hall–Kier alpha value is -2.80. The van der Waals surface area contributed by atoms with Crippen LogP contribution in [0.5, 0.6) is 5.75 Å². The van der Waals surface area contributed by atoms with Gasteiger partial charge in [0.05, 0.1) is 11.3 Å². The third-order valence-corrected chi connectivity index (χ3v) is 4.51. The third kappa shape index (κ3) is 4.19. The van der Waals surface area contributed by atoms with E-state index in [1.165, 1.54) is 24.1 Å². The fourth-order valence-corrected chi connectivity index (χ4v) is 2.97. The van der Waals surface area contributed by atoms with Crippen molar-refractivity contribution in [3.63, 3.8) is 0 Å². The number of rotatable bonds is 5. The lowest BCUT2D eigenvalue weighted by atomic mass is 10.1. The van der Waals surface area contributed by atoms with Crippen molar-refractivity contribution in [1.29, 1.82) is 0 Å². The molecule has 0 aliphatic heterocycles. The molecule has 25 heavy (non-hydrogen) atoms. The summed E-state index contributed by atoms with van der Waals surface area (Å²) in [4.78, 5) is 28.4. The fraction of sp³-hybridized carbons (Fsp3) is 0.167. The van der Waals surface area contributed by atoms with E-state index in [1.54, 1.807) is 24.4 Å². The highest BCUT2D eigenvalue weighted by atomic mass is 32.2. The quantitative estimate of drug-likeness (QED) is 0.516. The molecule has 3 rings (SSSR count). The van der Waals surface area contributed by atoms with Gasteiger partial charge in [-0.2, -0.15) is 0 Å². The molecule has 0 spiro atoms. The minimum atomic E-state index is -0.592. The predicted molar refractivity (Wildman–Crippen MR) is 93.9 cm³/mol. The number of thioether (sulfide) groups is 1. The van der Waals surface area contributed by atoms with Crippen LogP contribution in [-0.4, -0.2) is 15.5 Å². The van der Waals surface area contributed by atoms with Crippen molar-refractivity contribution < 1.29 is 13.9 Å². The molecule has 0 amide bonds. The van der Waals surface area contributed by atoms with Crippen molar-refractivity contribution in [3.8, 4) is 5.75 Å². The topological polar surface area (TPSA) is 74.3 Å². The minimum Gasteiger partial charge on any atom is -0.464 e. The van der Waals surface area contributed by atoms with Crippen LogP contribution < -0.4 is 10.2 Å². The van der Waals surface area contributed by atoms with Gasteiger partial charge in [-0.25, -0.2) is 9.78 Å². The van der Waals surface area contributed by atoms with Gasteiger partial charge in [0.15, 0.2) is 5.16 Å². The van der Waals surface area contributed by atoms with E-state index in [9.17, 15) is 9.59 Å². The van der Waals surface area contributed by atoms with Gasteiger partial charge in [0, 0.05) is 25.5 Å². The molecule has 3 aromatic rings. The second-order valence-electron chi connectivity index (χ2n) is 5.44. The first-order chi connectivity index (χ1) is 12.0. The average molecular weight is 356 g/mol. The highest BCUT2D eigenvalue weighted by Gasteiger charge is 2.13. The number of aromatic nitrogens is 2. The molecule has 0 N–H and O–H groups in total. The Morgan fingerprint density at radius 2 is 2.20 bits per heavy atom. The maximum absolute atomic E-state index is 12.1. The van der Waals surface area contributed by atoms with Gasteiger partial charge in [-0.15, -0.1) is 0 Å². The summed E-state index contributed by atoms with van der Waals surface area (Å²) >= 11 is 1.45. The van der Waals surface area contributed by atoms with Crippen LogP contribution in [0.25, 0.3) is 0 Å². The van der Waals surface area contributed by atoms with Crippen LogP contribution in [0.4, 0.5) is 0 Å². The largest absolute Gasteiger partial charge is 0.464 e. The van der Waals surface area contributed by atoms with Crippen molar-refractivity contribution in [2.75, 3.05) is 0 Å². The van der Waals surface area contributed by atoms with Crippen molar-refractivity contribution in [2.45, 2.75) is 17.8 Å². The molecule has 0 saturated heterocycles. The summed E-state index contributed by atoms with van der Waals surface area (Å²) in [5.41, 5.74) is 0.916. The molecule has 2 aromatic heterocycles. The Bertz CT molecular complexity index is 961. The molecular formula is C18H16N2O4S. The Kier molecular flexibility index (Phi) is 5.04. The summed E-state index contributed by atoms with van der Waals surface area (Å²) in [5, 5.41) is 0.817. The number of hydrogen-bond donors (Lipinski definition) is 0. The van der Waals surface area contributed by atoms with E-state index in [-0.39, 0.29) is 5.75 Å². The van der Waals surface area contributed by atoms with Gasteiger partial charge < -0.3 is 13.7 Å². The summed E-state index contributed by atoms with van der Waals surface area (Å²) < 4.78 is 12.4. The Morgan fingerprint density at radius 1 is 1.36 bits per heavy atom. The van der Waals surface area contributed by atoms with E-state index in [0.717, 1.165) is 10.7 Å². The first kappa shape index (κ1) is 17.0. The monoisotopic (exact) mass is 356 g/mol. The van der Waals surface area contributed by atoms with E-state index in [4.69, 9.17) is 9.15 Å². The summed E-state index contributed by atoms with van der Waals surface area (Å²) in [6.07, 6.45) is 4.71. The van der Waals surface area contributed by atoms with E-state index in [2.05, 4.69) is 4.98 Å². The molecule has 0 aliphatic rings. The number of nitrogens with zero attached hydrogens (tertiary/aromatic N) is 2. The van der Waals surface area contributed by atoms with Crippen molar-refractivity contribution in [1.82, 2.24) is 9.55 Å². The summed E-state index contributed by atoms with van der Waals surface area (Å²) in [6, 6.07) is 8.29. The van der Waals surface area contributed by atoms with E-state index in [0.29, 0.717) is 17.1 Å². The standard InChI is InChI=1S/C18H16N2O4S/c1-12-4-3-5-13(8-12)17(22)24-16-10-23-14(9-15(16)21)11-25-18-19-6-7-20(18)2/h3-10H,11H2,1-2H3. The van der Waals surface area contributed by atoms with Gasteiger partial charge in [0.2, 0.25) is 11.2 Å². The predicted octanol–water partition coefficient (Wildman–Crippen LogP) is 3.19. The molecule has 6 nitrogen and oxygen atoms in total. The average Bonchev–Trinajstić information content (AvgIpc) is 3.00. The molecule has 0 radical (unpaired) electrons. The number of ether oxygens (including phenoxy) is 1. The molecule has 0 unspecified atom stereocenters. The molecule has 0 atom stereocenters. The molecule has 0 saturated carbocycles. The van der Waals surface area contributed by atoms with Crippen LogP contribution in [0.2, 0.25) is 0 Å². The van der Waals surface area contributed by atoms with Gasteiger partial charge >= 0.3 is 5.97 Å². The maximum atomic E-state index is 12.1. The van der Waals surface area contributed by atoms with E-state index >= 15 is 0 Å². The summed E-state index contributed by atoms with van der Waals surface area (Å²) in [7, 11) is 1.89. The van der Waals surface area contributed by atoms with Crippen molar-refractivity contribution in [2.24, 2.45) is 7.05 Å². The van der Waals surface area contributed by atoms with Gasteiger partial charge in [0.25, 0.3) is 0 Å². The zero-order chi connectivity index (χ0) is 17.8. The molecule has 1 aromatic carbocycles. The lowest BCUT2D eigenvalue weighted by molar-refractivity contribution is 0.0728. The van der Waals surface area contributed by atoms with Gasteiger partial charge in [0.1, 0.15) is 12.0 Å². The van der Waals surface area contributed by atoms with E-state index < -0.39 is 11.4 Å². The maximum Gasteiger partial charge on any atom is 0.343 e. The van der Waals surface area contributed by atoms with Gasteiger partial charge in [-0.1, -0.05) is 29.5 Å². The Labute approximate surface area is 148 Å². The highest BCUT2D eigenvalue weighted by Crippen LogP contribution is 2.20. The normalized spacial score (nSPS) is 10.6. The van der Waals surface area contributed by atoms with Crippen LogP contribution in [0.3, 0.4) is 0 Å². The Balaban J connectivity index is 1.68. The first-order valence-corrected chi connectivity index (χ1v) is 8.52. The number of benzene rings is 1. The number of esters is 1. The van der Waals surface area contributed by atoms with Crippen LogP contribution in [0, 0.1) is 6.92 Å². The lowest BCUT2D eigenvalue weighted by Crippen LogP contribution is -2.14. The summed E-state index contributed by atoms with van der Waals surface area (Å²) in [6.45, 7) is 1.87. The van der Waals surface area contributed by atoms with Crippen LogP contribution in [0.15, 0.2) is 63.4 Å². The number of carbonyl (C=O) groups excluding carboxylic acids is 1. The molecule has 2 heterocycles. The minimum absolute atomic E-state index is 0.128. The second-order valence-corrected chi connectivity index (χ2v) is 6.39. The van der Waals surface area contributed by atoms with Gasteiger partial charge in [-0.05, 0) is 19.1 Å².